The molecule has 1 heteroatoms. The van der Waals surface area contributed by atoms with Gasteiger partial charge in [0.2, 0.25) is 0 Å². The summed E-state index contributed by atoms with van der Waals surface area (Å²) in [5, 5.41) is 0. The quantitative estimate of drug-likeness (QED) is 0.205. The number of hydrogen-bond acceptors (Lipinski definition) is 0. The summed E-state index contributed by atoms with van der Waals surface area (Å²) in [6.07, 6.45) is 12.4. The number of hydrogen-bond donors (Lipinski definition) is 0. The second kappa shape index (κ2) is 19.6. The number of halogens is 1. The van der Waals surface area contributed by atoms with Gasteiger partial charge in [-0.1, -0.05) is 121 Å². The third-order valence-electron chi connectivity index (χ3n) is 7.47. The summed E-state index contributed by atoms with van der Waals surface area (Å²) in [5.41, 5.74) is 1.53. The minimum Gasteiger partial charge on any atom is -0.207 e. The lowest BCUT2D eigenvalue weighted by Gasteiger charge is -2.23. The van der Waals surface area contributed by atoms with E-state index >= 15 is 0 Å². The van der Waals surface area contributed by atoms with Crippen LogP contribution in [0.3, 0.4) is 0 Å². The summed E-state index contributed by atoms with van der Waals surface area (Å²) in [6.45, 7) is 30.6. The molecule has 0 fully saturated rings. The van der Waals surface area contributed by atoms with E-state index in [2.05, 4.69) is 82.4 Å². The number of rotatable bonds is 16. The Morgan fingerprint density at radius 2 is 1.03 bits per heavy atom. The monoisotopic (exact) mass is 450 g/mol. The molecule has 0 saturated heterocycles. The second-order valence-corrected chi connectivity index (χ2v) is 10.8. The van der Waals surface area contributed by atoms with E-state index in [0.29, 0.717) is 23.3 Å². The Morgan fingerprint density at radius 1 is 0.656 bits per heavy atom. The predicted octanol–water partition coefficient (Wildman–Crippen LogP) is 11.3. The van der Waals surface area contributed by atoms with Gasteiger partial charge in [0.05, 0.1) is 0 Å². The van der Waals surface area contributed by atoms with E-state index in [1.807, 2.05) is 0 Å². The van der Waals surface area contributed by atoms with Crippen molar-refractivity contribution in [1.82, 2.24) is 0 Å². The van der Waals surface area contributed by atoms with Crippen molar-refractivity contribution < 1.29 is 4.39 Å². The van der Waals surface area contributed by atoms with E-state index in [1.165, 1.54) is 38.5 Å². The van der Waals surface area contributed by atoms with Crippen LogP contribution in [0, 0.1) is 35.5 Å². The third kappa shape index (κ3) is 15.9. The van der Waals surface area contributed by atoms with Crippen LogP contribution < -0.4 is 0 Å². The first-order valence-corrected chi connectivity index (χ1v) is 13.7. The van der Waals surface area contributed by atoms with E-state index in [1.54, 1.807) is 6.08 Å². The Balaban J connectivity index is 0. The maximum absolute atomic E-state index is 14.7. The van der Waals surface area contributed by atoms with Crippen LogP contribution in [-0.4, -0.2) is 0 Å². The van der Waals surface area contributed by atoms with Gasteiger partial charge in [-0.25, -0.2) is 4.39 Å². The van der Waals surface area contributed by atoms with Crippen molar-refractivity contribution in [2.45, 2.75) is 127 Å². The molecule has 0 heterocycles. The Morgan fingerprint density at radius 3 is 1.47 bits per heavy atom. The van der Waals surface area contributed by atoms with Gasteiger partial charge < -0.3 is 0 Å². The minimum absolute atomic E-state index is 0.173. The molecule has 0 rings (SSSR count). The lowest BCUT2D eigenvalue weighted by Crippen LogP contribution is -2.11. The summed E-state index contributed by atoms with van der Waals surface area (Å²) < 4.78 is 14.7. The van der Waals surface area contributed by atoms with Gasteiger partial charge in [0.15, 0.2) is 0 Å². The van der Waals surface area contributed by atoms with Gasteiger partial charge in [-0.15, -0.1) is 0 Å². The van der Waals surface area contributed by atoms with Crippen LogP contribution in [0.1, 0.15) is 127 Å². The molecule has 0 aliphatic heterocycles. The van der Waals surface area contributed by atoms with Crippen molar-refractivity contribution in [2.75, 3.05) is 0 Å². The molecule has 0 aromatic carbocycles. The first kappa shape index (κ1) is 33.3. The van der Waals surface area contributed by atoms with Crippen LogP contribution >= 0.6 is 0 Å². The maximum Gasteiger partial charge on any atom is 0.126 e. The smallest absolute Gasteiger partial charge is 0.126 e. The van der Waals surface area contributed by atoms with Crippen LogP contribution in [0.25, 0.3) is 0 Å². The number of allylic oxidation sites excluding steroid dienone is 4. The standard InChI is InChI=1S/C28H51F.C3H8/c1-11-20(3)13-15-22(5)23(6)17-18-24(7)26(9)19-28(29)27(10)25(8)16-14-21(4)12-2;1-3-2/h19-25H,9-18H2,1-8H3;3H2,1-2H3/b28-19+;. The molecule has 32 heavy (non-hydrogen) atoms. The Bertz CT molecular complexity index is 515. The van der Waals surface area contributed by atoms with Crippen molar-refractivity contribution in [2.24, 2.45) is 35.5 Å². The molecule has 6 atom stereocenters. The first-order valence-electron chi connectivity index (χ1n) is 13.7. The molecule has 0 N–H and O–H groups in total. The molecule has 0 aliphatic carbocycles. The van der Waals surface area contributed by atoms with E-state index < -0.39 is 0 Å². The van der Waals surface area contributed by atoms with E-state index in [9.17, 15) is 4.39 Å². The lowest BCUT2D eigenvalue weighted by molar-refractivity contribution is 0.301. The molecular weight excluding hydrogens is 391 g/mol. The highest BCUT2D eigenvalue weighted by molar-refractivity contribution is 5.32. The van der Waals surface area contributed by atoms with Gasteiger partial charge in [0.1, 0.15) is 5.83 Å². The summed E-state index contributed by atoms with van der Waals surface area (Å²) in [7, 11) is 0. The van der Waals surface area contributed by atoms with E-state index in [0.717, 1.165) is 36.7 Å². The fraction of sp³-hybridized carbons (Fsp3) is 0.806. The minimum atomic E-state index is -0.173. The molecule has 190 valence electrons. The highest BCUT2D eigenvalue weighted by Gasteiger charge is 2.17. The lowest BCUT2D eigenvalue weighted by atomic mass is 9.83. The Kier molecular flexibility index (Phi) is 20.4. The second-order valence-electron chi connectivity index (χ2n) is 10.8. The Hall–Kier alpha value is -0.850. The van der Waals surface area contributed by atoms with E-state index in [4.69, 9.17) is 0 Å². The normalized spacial score (nSPS) is 17.4. The van der Waals surface area contributed by atoms with Crippen molar-refractivity contribution >= 4 is 0 Å². The van der Waals surface area contributed by atoms with Gasteiger partial charge in [0, 0.05) is 0 Å². The van der Waals surface area contributed by atoms with E-state index in [-0.39, 0.29) is 11.7 Å². The molecule has 0 radical (unpaired) electrons. The van der Waals surface area contributed by atoms with Gasteiger partial charge in [-0.2, -0.15) is 0 Å². The highest BCUT2D eigenvalue weighted by atomic mass is 19.1. The van der Waals surface area contributed by atoms with Crippen molar-refractivity contribution in [3.05, 3.63) is 36.2 Å². The summed E-state index contributed by atoms with van der Waals surface area (Å²) in [6, 6.07) is 0. The van der Waals surface area contributed by atoms with Crippen LogP contribution in [0.15, 0.2) is 36.2 Å². The average molecular weight is 451 g/mol. The van der Waals surface area contributed by atoms with Crippen LogP contribution in [-0.2, 0) is 0 Å². The summed E-state index contributed by atoms with van der Waals surface area (Å²) in [4.78, 5) is 0. The zero-order chi connectivity index (χ0) is 25.3. The van der Waals surface area contributed by atoms with Crippen molar-refractivity contribution in [3.63, 3.8) is 0 Å². The summed E-state index contributed by atoms with van der Waals surface area (Å²) >= 11 is 0. The maximum atomic E-state index is 14.7. The molecule has 0 spiro atoms. The average Bonchev–Trinajstić information content (AvgIpc) is 2.77. The topological polar surface area (TPSA) is 0 Å². The van der Waals surface area contributed by atoms with Crippen LogP contribution in [0.5, 0.6) is 0 Å². The molecule has 0 bridgehead atoms. The predicted molar refractivity (Wildman–Crippen MR) is 147 cm³/mol. The largest absolute Gasteiger partial charge is 0.207 e. The molecular formula is C31H59F. The van der Waals surface area contributed by atoms with Gasteiger partial charge >= 0.3 is 0 Å². The third-order valence-corrected chi connectivity index (χ3v) is 7.47. The highest BCUT2D eigenvalue weighted by Crippen LogP contribution is 2.30. The Labute approximate surface area is 203 Å². The van der Waals surface area contributed by atoms with Crippen LogP contribution in [0.2, 0.25) is 0 Å². The van der Waals surface area contributed by atoms with Gasteiger partial charge in [-0.3, -0.25) is 0 Å². The molecule has 0 saturated carbocycles. The zero-order valence-corrected chi connectivity index (χ0v) is 23.7. The molecule has 0 amide bonds. The van der Waals surface area contributed by atoms with Crippen molar-refractivity contribution in [1.29, 1.82) is 0 Å². The van der Waals surface area contributed by atoms with Gasteiger partial charge in [0.25, 0.3) is 0 Å². The SMILES string of the molecule is C=C(/C=C(/F)C(=C)C(C)CCC(C)CC)C(C)CCC(C)C(C)CCC(C)CC.CCC. The molecule has 0 nitrogen and oxygen atoms in total. The fourth-order valence-corrected chi connectivity index (χ4v) is 3.56. The fourth-order valence-electron chi connectivity index (χ4n) is 3.56. The zero-order valence-electron chi connectivity index (χ0n) is 23.7. The van der Waals surface area contributed by atoms with Crippen LogP contribution in [0.4, 0.5) is 4.39 Å². The van der Waals surface area contributed by atoms with Gasteiger partial charge in [-0.05, 0) is 72.0 Å². The van der Waals surface area contributed by atoms with Crippen molar-refractivity contribution in [3.8, 4) is 0 Å². The molecule has 0 aliphatic rings. The molecule has 6 unspecified atom stereocenters. The summed E-state index contributed by atoms with van der Waals surface area (Å²) in [5.74, 6) is 3.32. The first-order chi connectivity index (χ1) is 14.9. The molecule has 0 aromatic rings. The molecule has 0 aromatic heterocycles.